The van der Waals surface area contributed by atoms with Crippen molar-refractivity contribution in [1.29, 1.82) is 0 Å². The first kappa shape index (κ1) is 12.3. The molecule has 0 amide bonds. The standard InChI is InChI=1S/C13H27N3/c1-11(9-12-5-3-7-14-12)15-13-6-4-8-16(2)10-13/h11-15H,3-10H2,1-2H3. The van der Waals surface area contributed by atoms with Crippen LogP contribution in [0, 0.1) is 0 Å². The topological polar surface area (TPSA) is 27.3 Å². The summed E-state index contributed by atoms with van der Waals surface area (Å²) in [7, 11) is 2.23. The minimum atomic E-state index is 0.659. The second-order valence-electron chi connectivity index (χ2n) is 5.70. The summed E-state index contributed by atoms with van der Waals surface area (Å²) in [6.07, 6.45) is 6.73. The van der Waals surface area contributed by atoms with Gasteiger partial charge < -0.3 is 15.5 Å². The number of hydrogen-bond acceptors (Lipinski definition) is 3. The highest BCUT2D eigenvalue weighted by Gasteiger charge is 2.21. The van der Waals surface area contributed by atoms with Gasteiger partial charge in [-0.2, -0.15) is 0 Å². The quantitative estimate of drug-likeness (QED) is 0.753. The van der Waals surface area contributed by atoms with E-state index in [0.717, 1.165) is 12.1 Å². The van der Waals surface area contributed by atoms with Crippen molar-refractivity contribution >= 4 is 0 Å². The SMILES string of the molecule is CC(CC1CCCN1)NC1CCCN(C)C1. The molecule has 2 fully saturated rings. The summed E-state index contributed by atoms with van der Waals surface area (Å²) in [6, 6.07) is 2.14. The molecule has 94 valence electrons. The fourth-order valence-electron chi connectivity index (χ4n) is 3.16. The fourth-order valence-corrected chi connectivity index (χ4v) is 3.16. The van der Waals surface area contributed by atoms with Gasteiger partial charge in [-0.1, -0.05) is 0 Å². The van der Waals surface area contributed by atoms with Crippen LogP contribution in [0.15, 0.2) is 0 Å². The average Bonchev–Trinajstić information content (AvgIpc) is 2.70. The van der Waals surface area contributed by atoms with E-state index in [2.05, 4.69) is 29.5 Å². The summed E-state index contributed by atoms with van der Waals surface area (Å²) in [5.41, 5.74) is 0. The molecule has 2 rings (SSSR count). The Morgan fingerprint density at radius 1 is 1.38 bits per heavy atom. The van der Waals surface area contributed by atoms with Crippen LogP contribution >= 0.6 is 0 Å². The van der Waals surface area contributed by atoms with Crippen LogP contribution in [0.1, 0.15) is 39.0 Å². The van der Waals surface area contributed by atoms with Gasteiger partial charge in [0.2, 0.25) is 0 Å². The van der Waals surface area contributed by atoms with Gasteiger partial charge in [-0.3, -0.25) is 0 Å². The molecule has 2 aliphatic rings. The fraction of sp³-hybridized carbons (Fsp3) is 1.00. The summed E-state index contributed by atoms with van der Waals surface area (Å²) in [4.78, 5) is 2.45. The lowest BCUT2D eigenvalue weighted by molar-refractivity contribution is 0.214. The Bertz CT molecular complexity index is 201. The largest absolute Gasteiger partial charge is 0.314 e. The number of nitrogens with zero attached hydrogens (tertiary/aromatic N) is 1. The third-order valence-corrected chi connectivity index (χ3v) is 3.95. The molecule has 0 spiro atoms. The van der Waals surface area contributed by atoms with Crippen LogP contribution in [0.3, 0.4) is 0 Å². The van der Waals surface area contributed by atoms with Gasteiger partial charge in [-0.05, 0) is 59.2 Å². The van der Waals surface area contributed by atoms with Crippen molar-refractivity contribution in [2.45, 2.75) is 57.2 Å². The van der Waals surface area contributed by atoms with E-state index in [9.17, 15) is 0 Å². The van der Waals surface area contributed by atoms with Crippen LogP contribution in [0.25, 0.3) is 0 Å². The van der Waals surface area contributed by atoms with Gasteiger partial charge in [-0.25, -0.2) is 0 Å². The van der Waals surface area contributed by atoms with Gasteiger partial charge in [-0.15, -0.1) is 0 Å². The number of rotatable bonds is 4. The summed E-state index contributed by atoms with van der Waals surface area (Å²) < 4.78 is 0. The first-order chi connectivity index (χ1) is 7.74. The Morgan fingerprint density at radius 3 is 2.94 bits per heavy atom. The molecule has 0 aromatic heterocycles. The van der Waals surface area contributed by atoms with Gasteiger partial charge in [0.1, 0.15) is 0 Å². The molecule has 2 aliphatic heterocycles. The molecule has 0 aliphatic carbocycles. The molecule has 3 heteroatoms. The molecule has 0 aromatic rings. The maximum Gasteiger partial charge on any atom is 0.0197 e. The van der Waals surface area contributed by atoms with E-state index in [1.165, 1.54) is 51.7 Å². The zero-order valence-electron chi connectivity index (χ0n) is 10.8. The van der Waals surface area contributed by atoms with Crippen molar-refractivity contribution in [2.24, 2.45) is 0 Å². The van der Waals surface area contributed by atoms with Gasteiger partial charge in [0.25, 0.3) is 0 Å². The first-order valence-electron chi connectivity index (χ1n) is 6.92. The summed E-state index contributed by atoms with van der Waals surface area (Å²) in [5, 5.41) is 7.38. The predicted octanol–water partition coefficient (Wildman–Crippen LogP) is 1.20. The van der Waals surface area contributed by atoms with Gasteiger partial charge >= 0.3 is 0 Å². The zero-order valence-corrected chi connectivity index (χ0v) is 10.8. The third-order valence-electron chi connectivity index (χ3n) is 3.95. The lowest BCUT2D eigenvalue weighted by Crippen LogP contribution is -2.48. The minimum absolute atomic E-state index is 0.659. The Balaban J connectivity index is 1.67. The Labute approximate surface area is 100.0 Å². The lowest BCUT2D eigenvalue weighted by Gasteiger charge is -2.33. The Morgan fingerprint density at radius 2 is 2.25 bits per heavy atom. The number of piperidine rings is 1. The second-order valence-corrected chi connectivity index (χ2v) is 5.70. The van der Waals surface area contributed by atoms with E-state index in [-0.39, 0.29) is 0 Å². The van der Waals surface area contributed by atoms with Gasteiger partial charge in [0.15, 0.2) is 0 Å². The monoisotopic (exact) mass is 225 g/mol. The van der Waals surface area contributed by atoms with Crippen LogP contribution in [-0.2, 0) is 0 Å². The van der Waals surface area contributed by atoms with Crippen molar-refractivity contribution in [3.8, 4) is 0 Å². The zero-order chi connectivity index (χ0) is 11.4. The average molecular weight is 225 g/mol. The van der Waals surface area contributed by atoms with Gasteiger partial charge in [0, 0.05) is 24.7 Å². The molecule has 3 unspecified atom stereocenters. The van der Waals surface area contributed by atoms with Gasteiger partial charge in [0.05, 0.1) is 0 Å². The lowest BCUT2D eigenvalue weighted by atomic mass is 10.0. The second kappa shape index (κ2) is 5.99. The van der Waals surface area contributed by atoms with Crippen LogP contribution in [0.2, 0.25) is 0 Å². The highest BCUT2D eigenvalue weighted by molar-refractivity contribution is 4.83. The van der Waals surface area contributed by atoms with E-state index >= 15 is 0 Å². The van der Waals surface area contributed by atoms with Crippen LogP contribution in [0.5, 0.6) is 0 Å². The van der Waals surface area contributed by atoms with E-state index in [4.69, 9.17) is 0 Å². The smallest absolute Gasteiger partial charge is 0.0197 e. The molecule has 2 heterocycles. The Hall–Kier alpha value is -0.120. The number of hydrogen-bond donors (Lipinski definition) is 2. The van der Waals surface area contributed by atoms with Crippen molar-refractivity contribution in [2.75, 3.05) is 26.7 Å². The normalized spacial score (nSPS) is 34.1. The molecule has 3 atom stereocenters. The van der Waals surface area contributed by atoms with E-state index in [1.807, 2.05) is 0 Å². The first-order valence-corrected chi connectivity index (χ1v) is 6.92. The molecule has 0 bridgehead atoms. The summed E-state index contributed by atoms with van der Waals surface area (Å²) >= 11 is 0. The summed E-state index contributed by atoms with van der Waals surface area (Å²) in [5.74, 6) is 0. The number of likely N-dealkylation sites (tertiary alicyclic amines) is 1. The molecule has 0 saturated carbocycles. The highest BCUT2D eigenvalue weighted by atomic mass is 15.1. The third kappa shape index (κ3) is 3.72. The molecular weight excluding hydrogens is 198 g/mol. The number of nitrogens with one attached hydrogen (secondary N) is 2. The maximum absolute atomic E-state index is 3.79. The Kier molecular flexibility index (Phi) is 4.62. The maximum atomic E-state index is 3.79. The summed E-state index contributed by atoms with van der Waals surface area (Å²) in [6.45, 7) is 6.07. The molecule has 2 saturated heterocycles. The van der Waals surface area contributed by atoms with Crippen LogP contribution in [-0.4, -0.2) is 49.7 Å². The molecule has 3 nitrogen and oxygen atoms in total. The van der Waals surface area contributed by atoms with Crippen molar-refractivity contribution < 1.29 is 0 Å². The van der Waals surface area contributed by atoms with E-state index in [1.54, 1.807) is 0 Å². The van der Waals surface area contributed by atoms with Crippen molar-refractivity contribution in [3.05, 3.63) is 0 Å². The van der Waals surface area contributed by atoms with E-state index in [0.29, 0.717) is 6.04 Å². The van der Waals surface area contributed by atoms with Crippen molar-refractivity contribution in [3.63, 3.8) is 0 Å². The predicted molar refractivity (Wildman–Crippen MR) is 68.8 cm³/mol. The molecule has 0 aromatic carbocycles. The van der Waals surface area contributed by atoms with Crippen LogP contribution < -0.4 is 10.6 Å². The molecular formula is C13H27N3. The highest BCUT2D eigenvalue weighted by Crippen LogP contribution is 2.13. The van der Waals surface area contributed by atoms with Crippen LogP contribution in [0.4, 0.5) is 0 Å². The molecule has 2 N–H and O–H groups in total. The number of likely N-dealkylation sites (N-methyl/N-ethyl adjacent to an activating group) is 1. The molecule has 0 radical (unpaired) electrons. The van der Waals surface area contributed by atoms with Crippen molar-refractivity contribution in [1.82, 2.24) is 15.5 Å². The minimum Gasteiger partial charge on any atom is -0.314 e. The van der Waals surface area contributed by atoms with E-state index < -0.39 is 0 Å². The molecule has 16 heavy (non-hydrogen) atoms.